The van der Waals surface area contributed by atoms with Gasteiger partial charge in [-0.15, -0.1) is 12.6 Å². The van der Waals surface area contributed by atoms with Crippen LogP contribution < -0.4 is 5.73 Å². The summed E-state index contributed by atoms with van der Waals surface area (Å²) in [5, 5.41) is 0. The molecule has 2 nitrogen and oxygen atoms in total. The molecule has 0 aliphatic carbocycles. The molecule has 0 amide bonds. The Kier molecular flexibility index (Phi) is 53.8. The Morgan fingerprint density at radius 3 is 1.57 bits per heavy atom. The molecule has 0 aliphatic rings. The van der Waals surface area contributed by atoms with Crippen molar-refractivity contribution in [2.45, 2.75) is 0 Å². The Bertz CT molecular complexity index is 37.9. The second-order valence-corrected chi connectivity index (χ2v) is 1.56. The van der Waals surface area contributed by atoms with Gasteiger partial charge in [-0.25, -0.2) is 0 Å². The minimum absolute atomic E-state index is 0. The summed E-state index contributed by atoms with van der Waals surface area (Å²) < 4.78 is 0.194. The van der Waals surface area contributed by atoms with Gasteiger partial charge in [-0.1, -0.05) is 12.2 Å². The van der Waals surface area contributed by atoms with Crippen LogP contribution in [0.3, 0.4) is 0 Å². The summed E-state index contributed by atoms with van der Waals surface area (Å²) >= 11 is 7.65. The van der Waals surface area contributed by atoms with Crippen molar-refractivity contribution < 1.29 is 26.5 Å². The quantitative estimate of drug-likeness (QED) is 0.339. The molecule has 6 heteroatoms. The van der Waals surface area contributed by atoms with Gasteiger partial charge >= 0.3 is 0 Å². The maximum Gasteiger partial charge on any atom is 0.128 e. The van der Waals surface area contributed by atoms with E-state index in [0.717, 1.165) is 0 Å². The van der Waals surface area contributed by atoms with Crippen molar-refractivity contribution in [2.24, 2.45) is 5.73 Å². The first-order valence-electron chi connectivity index (χ1n) is 0.716. The summed E-state index contributed by atoms with van der Waals surface area (Å²) in [6, 6.07) is 0. The van der Waals surface area contributed by atoms with E-state index in [9.17, 15) is 0 Å². The van der Waals surface area contributed by atoms with Gasteiger partial charge in [0.2, 0.25) is 0 Å². The molecular formula is CH7MoNOS3. The first-order valence-corrected chi connectivity index (χ1v) is 1.57. The smallest absolute Gasteiger partial charge is 0.128 e. The van der Waals surface area contributed by atoms with E-state index >= 15 is 0 Å². The Morgan fingerprint density at radius 1 is 1.57 bits per heavy atom. The van der Waals surface area contributed by atoms with Crippen LogP contribution in [-0.4, -0.2) is 9.80 Å². The molecule has 0 radical (unpaired) electrons. The van der Waals surface area contributed by atoms with Crippen molar-refractivity contribution in [2.75, 3.05) is 0 Å². The molecule has 0 rings (SSSR count). The molecule has 0 aliphatic heterocycles. The summed E-state index contributed by atoms with van der Waals surface area (Å²) in [5.74, 6) is 0. The maximum atomic E-state index is 4.71. The number of nitrogens with two attached hydrogens (primary N) is 1. The Morgan fingerprint density at radius 2 is 1.57 bits per heavy atom. The average molecular weight is 241 g/mol. The number of hydrogen-bond acceptors (Lipinski definition) is 1. The number of thiocarbonyl (C=S) groups is 1. The molecule has 0 aromatic carbocycles. The molecule has 0 aromatic rings. The van der Waals surface area contributed by atoms with Crippen LogP contribution in [0, 0.1) is 0 Å². The molecule has 0 atom stereocenters. The molecule has 0 fully saturated rings. The van der Waals surface area contributed by atoms with Crippen LogP contribution in [0.2, 0.25) is 0 Å². The van der Waals surface area contributed by atoms with Crippen LogP contribution in [0.4, 0.5) is 0 Å². The summed E-state index contributed by atoms with van der Waals surface area (Å²) in [6.45, 7) is 0. The van der Waals surface area contributed by atoms with Gasteiger partial charge in [-0.2, -0.15) is 13.5 Å². The second kappa shape index (κ2) is 15.7. The zero-order valence-corrected chi connectivity index (χ0v) is 8.06. The monoisotopic (exact) mass is 243 g/mol. The average Bonchev–Trinajstić information content (AvgIpc) is 0.811. The zero-order valence-electron chi connectivity index (χ0n) is 3.34. The first kappa shape index (κ1) is 24.0. The summed E-state index contributed by atoms with van der Waals surface area (Å²) in [7, 11) is 0. The summed E-state index contributed by atoms with van der Waals surface area (Å²) in [6.07, 6.45) is 0. The van der Waals surface area contributed by atoms with Gasteiger partial charge in [0.1, 0.15) is 4.32 Å². The third-order valence-corrected chi connectivity index (χ3v) is 0. The van der Waals surface area contributed by atoms with Crippen LogP contribution in [0.1, 0.15) is 0 Å². The fourth-order valence-corrected chi connectivity index (χ4v) is 0. The second-order valence-electron chi connectivity index (χ2n) is 0.338. The predicted molar refractivity (Wildman–Crippen MR) is 39.8 cm³/mol. The van der Waals surface area contributed by atoms with Crippen molar-refractivity contribution in [3.8, 4) is 0 Å². The van der Waals surface area contributed by atoms with E-state index in [1.165, 1.54) is 0 Å². The van der Waals surface area contributed by atoms with Crippen molar-refractivity contribution in [3.05, 3.63) is 0 Å². The van der Waals surface area contributed by atoms with E-state index in [2.05, 4.69) is 24.8 Å². The topological polar surface area (TPSA) is 57.5 Å². The Balaban J connectivity index is -0.0000000150. The molecule has 46 valence electrons. The standard InChI is InChI=1S/CH3NS2.Mo.H2O.H2S/c2-1(3)4;;;/h(H3,2,3,4);;2*1H2. The van der Waals surface area contributed by atoms with Crippen LogP contribution in [0.15, 0.2) is 0 Å². The molecule has 7 heavy (non-hydrogen) atoms. The third kappa shape index (κ3) is 130. The van der Waals surface area contributed by atoms with Gasteiger partial charge in [0.15, 0.2) is 0 Å². The number of thiol groups is 1. The molecule has 0 bridgehead atoms. The molecule has 0 spiro atoms. The third-order valence-electron chi connectivity index (χ3n) is 0. The normalized spacial score (nSPS) is 3.57. The van der Waals surface area contributed by atoms with E-state index in [-0.39, 0.29) is 44.4 Å². The van der Waals surface area contributed by atoms with E-state index in [1.54, 1.807) is 0 Å². The summed E-state index contributed by atoms with van der Waals surface area (Å²) in [5.41, 5.74) is 4.71. The fraction of sp³-hybridized carbons (Fsp3) is 0. The van der Waals surface area contributed by atoms with Gasteiger partial charge in [0.05, 0.1) is 0 Å². The van der Waals surface area contributed by atoms with Gasteiger partial charge in [-0.05, 0) is 0 Å². The SMILES string of the molecule is NC(=S)S.O.S.[Mo]. The van der Waals surface area contributed by atoms with Crippen LogP contribution in [0.25, 0.3) is 0 Å². The van der Waals surface area contributed by atoms with Gasteiger partial charge < -0.3 is 11.2 Å². The van der Waals surface area contributed by atoms with Crippen LogP contribution >= 0.6 is 38.3 Å². The molecule has 4 N–H and O–H groups in total. The minimum atomic E-state index is 0. The Hall–Kier alpha value is 1.24. The number of rotatable bonds is 0. The predicted octanol–water partition coefficient (Wildman–Crippen LogP) is -0.555. The molecular weight excluding hydrogens is 234 g/mol. The molecule has 0 aromatic heterocycles. The summed E-state index contributed by atoms with van der Waals surface area (Å²) in [4.78, 5) is 0. The van der Waals surface area contributed by atoms with E-state index in [0.29, 0.717) is 0 Å². The molecule has 0 unspecified atom stereocenters. The van der Waals surface area contributed by atoms with E-state index in [4.69, 9.17) is 5.73 Å². The van der Waals surface area contributed by atoms with Crippen molar-refractivity contribution in [1.82, 2.24) is 0 Å². The van der Waals surface area contributed by atoms with E-state index in [1.807, 2.05) is 0 Å². The Labute approximate surface area is 74.7 Å². The van der Waals surface area contributed by atoms with Crippen molar-refractivity contribution >= 4 is 42.7 Å². The molecule has 0 saturated carbocycles. The zero-order chi connectivity index (χ0) is 3.58. The minimum Gasteiger partial charge on any atom is -0.412 e. The fourth-order valence-electron chi connectivity index (χ4n) is 0. The van der Waals surface area contributed by atoms with Crippen LogP contribution in [0.5, 0.6) is 0 Å². The van der Waals surface area contributed by atoms with Gasteiger partial charge in [0, 0.05) is 21.1 Å². The first-order chi connectivity index (χ1) is 1.73. The number of hydrogen-bond donors (Lipinski definition) is 2. The van der Waals surface area contributed by atoms with Crippen molar-refractivity contribution in [1.29, 1.82) is 0 Å². The van der Waals surface area contributed by atoms with Crippen LogP contribution in [-0.2, 0) is 21.1 Å². The molecule has 0 saturated heterocycles. The largest absolute Gasteiger partial charge is 0.412 e. The van der Waals surface area contributed by atoms with Gasteiger partial charge in [-0.3, -0.25) is 0 Å². The van der Waals surface area contributed by atoms with Crippen molar-refractivity contribution in [3.63, 3.8) is 0 Å². The van der Waals surface area contributed by atoms with E-state index < -0.39 is 0 Å². The maximum absolute atomic E-state index is 4.71. The van der Waals surface area contributed by atoms with Gasteiger partial charge in [0.25, 0.3) is 0 Å². The molecule has 0 heterocycles.